The van der Waals surface area contributed by atoms with E-state index in [0.717, 1.165) is 35.1 Å². The van der Waals surface area contributed by atoms with E-state index in [1.54, 1.807) is 0 Å². The predicted molar refractivity (Wildman–Crippen MR) is 108 cm³/mol. The molecule has 5 nitrogen and oxygen atoms in total. The van der Waals surface area contributed by atoms with Crippen LogP contribution in [0.15, 0.2) is 54.6 Å². The van der Waals surface area contributed by atoms with E-state index in [0.29, 0.717) is 18.8 Å². The summed E-state index contributed by atoms with van der Waals surface area (Å²) < 4.78 is 0. The fraction of sp³-hybridized carbons (Fsp3) is 0.238. The zero-order valence-electron chi connectivity index (χ0n) is 15.2. The van der Waals surface area contributed by atoms with E-state index in [4.69, 9.17) is 11.6 Å². The highest BCUT2D eigenvalue weighted by molar-refractivity contribution is 6.33. The van der Waals surface area contributed by atoms with Gasteiger partial charge in [0.2, 0.25) is 0 Å². The first kappa shape index (κ1) is 17.6. The molecule has 0 unspecified atom stereocenters. The van der Waals surface area contributed by atoms with Crippen molar-refractivity contribution in [1.29, 1.82) is 0 Å². The van der Waals surface area contributed by atoms with Gasteiger partial charge in [0, 0.05) is 31.7 Å². The number of hydrogen-bond acceptors (Lipinski definition) is 3. The fourth-order valence-electron chi connectivity index (χ4n) is 3.33. The number of para-hydroxylation sites is 1. The largest absolute Gasteiger partial charge is 0.367 e. The maximum atomic E-state index is 12.8. The summed E-state index contributed by atoms with van der Waals surface area (Å²) in [5, 5.41) is 7.94. The molecule has 1 aromatic heterocycles. The number of halogens is 1. The lowest BCUT2D eigenvalue weighted by Crippen LogP contribution is -2.49. The smallest absolute Gasteiger partial charge is 0.272 e. The van der Waals surface area contributed by atoms with Crippen molar-refractivity contribution in [2.75, 3.05) is 31.1 Å². The lowest BCUT2D eigenvalue weighted by Gasteiger charge is -2.36. The number of hydrogen-bond donors (Lipinski definition) is 1. The summed E-state index contributed by atoms with van der Waals surface area (Å²) in [6, 6.07) is 17.8. The van der Waals surface area contributed by atoms with Crippen LogP contribution in [-0.2, 0) is 0 Å². The number of nitrogens with zero attached hydrogens (tertiary/aromatic N) is 3. The number of benzene rings is 2. The summed E-state index contributed by atoms with van der Waals surface area (Å²) in [6.07, 6.45) is 0. The Morgan fingerprint density at radius 2 is 1.74 bits per heavy atom. The minimum atomic E-state index is -0.0142. The molecule has 1 saturated heterocycles. The normalized spacial score (nSPS) is 14.4. The molecule has 0 aliphatic carbocycles. The van der Waals surface area contributed by atoms with Crippen molar-refractivity contribution in [2.24, 2.45) is 0 Å². The molecular weight excluding hydrogens is 360 g/mol. The van der Waals surface area contributed by atoms with E-state index in [2.05, 4.69) is 15.1 Å². The summed E-state index contributed by atoms with van der Waals surface area (Å²) >= 11 is 6.29. The van der Waals surface area contributed by atoms with Crippen LogP contribution in [0.3, 0.4) is 0 Å². The number of carbonyl (C=O) groups is 1. The van der Waals surface area contributed by atoms with Crippen LogP contribution in [0, 0.1) is 6.92 Å². The van der Waals surface area contributed by atoms with E-state index in [-0.39, 0.29) is 5.91 Å². The Morgan fingerprint density at radius 3 is 2.44 bits per heavy atom. The van der Waals surface area contributed by atoms with Crippen LogP contribution in [0.1, 0.15) is 16.1 Å². The molecular formula is C21H21ClN4O. The summed E-state index contributed by atoms with van der Waals surface area (Å²) in [7, 11) is 0. The first-order valence-corrected chi connectivity index (χ1v) is 9.41. The molecule has 2 aromatic carbocycles. The predicted octanol–water partition coefficient (Wildman–Crippen LogP) is 4.00. The molecule has 0 atom stereocenters. The molecule has 2 heterocycles. The summed E-state index contributed by atoms with van der Waals surface area (Å²) in [4.78, 5) is 16.9. The zero-order valence-corrected chi connectivity index (χ0v) is 15.9. The van der Waals surface area contributed by atoms with Gasteiger partial charge < -0.3 is 9.80 Å². The van der Waals surface area contributed by atoms with Gasteiger partial charge in [0.25, 0.3) is 5.91 Å². The quantitative estimate of drug-likeness (QED) is 0.747. The van der Waals surface area contributed by atoms with Crippen molar-refractivity contribution in [3.63, 3.8) is 0 Å². The van der Waals surface area contributed by atoms with Crippen LogP contribution < -0.4 is 4.90 Å². The second-order valence-electron chi connectivity index (χ2n) is 6.76. The van der Waals surface area contributed by atoms with Gasteiger partial charge in [0.1, 0.15) is 5.69 Å². The Kier molecular flexibility index (Phi) is 4.86. The van der Waals surface area contributed by atoms with Crippen molar-refractivity contribution in [3.8, 4) is 11.3 Å². The molecule has 0 radical (unpaired) electrons. The Balaban J connectivity index is 1.43. The van der Waals surface area contributed by atoms with Gasteiger partial charge in [-0.3, -0.25) is 9.89 Å². The Hall–Kier alpha value is -2.79. The lowest BCUT2D eigenvalue weighted by molar-refractivity contribution is 0.0741. The van der Waals surface area contributed by atoms with Gasteiger partial charge in [-0.25, -0.2) is 0 Å². The Bertz CT molecular complexity index is 943. The van der Waals surface area contributed by atoms with Gasteiger partial charge in [-0.15, -0.1) is 0 Å². The second-order valence-corrected chi connectivity index (χ2v) is 7.17. The van der Waals surface area contributed by atoms with E-state index in [1.165, 1.54) is 5.56 Å². The molecule has 0 saturated carbocycles. The molecule has 1 aliphatic heterocycles. The third kappa shape index (κ3) is 3.69. The van der Waals surface area contributed by atoms with Crippen LogP contribution in [0.25, 0.3) is 11.3 Å². The Labute approximate surface area is 163 Å². The van der Waals surface area contributed by atoms with Gasteiger partial charge in [-0.05, 0) is 25.1 Å². The summed E-state index contributed by atoms with van der Waals surface area (Å²) in [6.45, 7) is 4.88. The van der Waals surface area contributed by atoms with E-state index in [9.17, 15) is 4.79 Å². The highest BCUT2D eigenvalue weighted by Gasteiger charge is 2.24. The molecule has 138 valence electrons. The zero-order chi connectivity index (χ0) is 18.8. The number of piperazine rings is 1. The van der Waals surface area contributed by atoms with Crippen LogP contribution in [0.2, 0.25) is 5.02 Å². The molecule has 27 heavy (non-hydrogen) atoms. The first-order chi connectivity index (χ1) is 13.1. The minimum absolute atomic E-state index is 0.0142. The van der Waals surface area contributed by atoms with Crippen molar-refractivity contribution in [3.05, 3.63) is 70.9 Å². The summed E-state index contributed by atoms with van der Waals surface area (Å²) in [5.41, 5.74) is 4.53. The lowest BCUT2D eigenvalue weighted by atomic mass is 10.1. The average molecular weight is 381 g/mol. The molecule has 1 amide bonds. The standard InChI is InChI=1S/C21H21ClN4O/c1-15-6-8-16(9-7-15)18-14-19(24-23-18)21(27)26-12-10-25(11-13-26)20-5-3-2-4-17(20)22/h2-9,14H,10-13H2,1H3,(H,23,24). The van der Waals surface area contributed by atoms with Crippen molar-refractivity contribution < 1.29 is 4.79 Å². The molecule has 1 fully saturated rings. The minimum Gasteiger partial charge on any atom is -0.367 e. The number of nitrogens with one attached hydrogen (secondary N) is 1. The first-order valence-electron chi connectivity index (χ1n) is 9.03. The summed E-state index contributed by atoms with van der Waals surface area (Å²) in [5.74, 6) is -0.0142. The highest BCUT2D eigenvalue weighted by atomic mass is 35.5. The van der Waals surface area contributed by atoms with Crippen LogP contribution in [0.4, 0.5) is 5.69 Å². The number of aryl methyl sites for hydroxylation is 1. The fourth-order valence-corrected chi connectivity index (χ4v) is 3.59. The topological polar surface area (TPSA) is 52.2 Å². The van der Waals surface area contributed by atoms with Gasteiger partial charge in [0.05, 0.1) is 16.4 Å². The van der Waals surface area contributed by atoms with Crippen molar-refractivity contribution >= 4 is 23.2 Å². The third-order valence-electron chi connectivity index (χ3n) is 4.92. The van der Waals surface area contributed by atoms with Gasteiger partial charge >= 0.3 is 0 Å². The number of rotatable bonds is 3. The molecule has 6 heteroatoms. The maximum absolute atomic E-state index is 12.8. The number of aromatic amines is 1. The van der Waals surface area contributed by atoms with Gasteiger partial charge in [0.15, 0.2) is 0 Å². The second kappa shape index (κ2) is 7.45. The van der Waals surface area contributed by atoms with Crippen LogP contribution >= 0.6 is 11.6 Å². The van der Waals surface area contributed by atoms with Crippen molar-refractivity contribution in [2.45, 2.75) is 6.92 Å². The van der Waals surface area contributed by atoms with Crippen LogP contribution in [0.5, 0.6) is 0 Å². The molecule has 4 rings (SSSR count). The highest BCUT2D eigenvalue weighted by Crippen LogP contribution is 2.26. The Morgan fingerprint density at radius 1 is 1.04 bits per heavy atom. The van der Waals surface area contributed by atoms with Gasteiger partial charge in [-0.1, -0.05) is 53.6 Å². The van der Waals surface area contributed by atoms with E-state index >= 15 is 0 Å². The van der Waals surface area contributed by atoms with E-state index < -0.39 is 0 Å². The molecule has 1 aliphatic rings. The number of aromatic nitrogens is 2. The average Bonchev–Trinajstić information content (AvgIpc) is 3.19. The maximum Gasteiger partial charge on any atom is 0.272 e. The molecule has 1 N–H and O–H groups in total. The molecule has 0 bridgehead atoms. The molecule has 3 aromatic rings. The number of H-pyrrole nitrogens is 1. The van der Waals surface area contributed by atoms with Gasteiger partial charge in [-0.2, -0.15) is 5.10 Å². The van der Waals surface area contributed by atoms with Crippen LogP contribution in [-0.4, -0.2) is 47.2 Å². The number of anilines is 1. The monoisotopic (exact) mass is 380 g/mol. The molecule has 0 spiro atoms. The SMILES string of the molecule is Cc1ccc(-c2cc(C(=O)N3CCN(c4ccccc4Cl)CC3)[nH]n2)cc1. The van der Waals surface area contributed by atoms with E-state index in [1.807, 2.05) is 66.4 Å². The van der Waals surface area contributed by atoms with Crippen molar-refractivity contribution in [1.82, 2.24) is 15.1 Å². The number of amides is 1. The number of carbonyl (C=O) groups excluding carboxylic acids is 1. The third-order valence-corrected chi connectivity index (χ3v) is 5.24.